The van der Waals surface area contributed by atoms with Crippen LogP contribution < -0.4 is 27.2 Å². The minimum absolute atomic E-state index is 0. The van der Waals surface area contributed by atoms with Crippen LogP contribution in [-0.2, 0) is 11.3 Å². The van der Waals surface area contributed by atoms with Crippen molar-refractivity contribution in [1.82, 2.24) is 0 Å². The molecule has 0 spiro atoms. The van der Waals surface area contributed by atoms with Crippen molar-refractivity contribution < 1.29 is 26.6 Å². The fourth-order valence-corrected chi connectivity index (χ4v) is 2.01. The standard InChI is InChI=1S/C17H19N3O2.ClH/c1-13(21)14-4-6-15(7-5-14)18-17(22)12-20-10-8-16(9-11-20)19(2)3;/h4-11H,12H2,1-3H3;1H. The topological polar surface area (TPSA) is 53.3 Å². The van der Waals surface area contributed by atoms with Crippen LogP contribution in [0.5, 0.6) is 0 Å². The molecular weight excluding hydrogens is 314 g/mol. The fraction of sp³-hybridized carbons (Fsp3) is 0.235. The molecular formula is C17H20ClN3O2. The van der Waals surface area contributed by atoms with Crippen molar-refractivity contribution in [1.29, 1.82) is 0 Å². The van der Waals surface area contributed by atoms with E-state index in [0.717, 1.165) is 5.69 Å². The molecule has 2 aromatic rings. The minimum Gasteiger partial charge on any atom is -1.00 e. The molecule has 0 saturated heterocycles. The predicted molar refractivity (Wildman–Crippen MR) is 86.0 cm³/mol. The number of nitrogens with zero attached hydrogens (tertiary/aromatic N) is 2. The number of pyridine rings is 1. The number of carbonyl (C=O) groups excluding carboxylic acids is 2. The van der Waals surface area contributed by atoms with Crippen LogP contribution in [0.2, 0.25) is 0 Å². The molecule has 2 rings (SSSR count). The van der Waals surface area contributed by atoms with Gasteiger partial charge in [-0.15, -0.1) is 0 Å². The molecule has 0 fully saturated rings. The van der Waals surface area contributed by atoms with Gasteiger partial charge < -0.3 is 22.6 Å². The lowest BCUT2D eigenvalue weighted by Crippen LogP contribution is -3.00. The maximum atomic E-state index is 12.0. The van der Waals surface area contributed by atoms with E-state index in [1.165, 1.54) is 6.92 Å². The van der Waals surface area contributed by atoms with Crippen molar-refractivity contribution in [3.63, 3.8) is 0 Å². The molecule has 0 aliphatic rings. The Bertz CT molecular complexity index is 667. The molecule has 122 valence electrons. The van der Waals surface area contributed by atoms with Crippen molar-refractivity contribution in [3.8, 4) is 0 Å². The Morgan fingerprint density at radius 3 is 2.09 bits per heavy atom. The van der Waals surface area contributed by atoms with Gasteiger partial charge in [-0.2, -0.15) is 4.57 Å². The number of nitrogens with one attached hydrogen (secondary N) is 1. The molecule has 1 aromatic heterocycles. The molecule has 0 radical (unpaired) electrons. The Morgan fingerprint density at radius 1 is 1.04 bits per heavy atom. The van der Waals surface area contributed by atoms with Crippen LogP contribution in [0.4, 0.5) is 11.4 Å². The van der Waals surface area contributed by atoms with Gasteiger partial charge in [0.05, 0.1) is 0 Å². The number of anilines is 2. The molecule has 0 unspecified atom stereocenters. The van der Waals surface area contributed by atoms with Gasteiger partial charge in [-0.05, 0) is 31.2 Å². The number of hydrogen-bond donors (Lipinski definition) is 1. The van der Waals surface area contributed by atoms with E-state index in [1.807, 2.05) is 48.1 Å². The summed E-state index contributed by atoms with van der Waals surface area (Å²) in [5.41, 5.74) is 2.39. The highest BCUT2D eigenvalue weighted by molar-refractivity contribution is 5.95. The second-order valence-electron chi connectivity index (χ2n) is 5.30. The van der Waals surface area contributed by atoms with E-state index < -0.39 is 0 Å². The lowest BCUT2D eigenvalue weighted by molar-refractivity contribution is -0.684. The zero-order chi connectivity index (χ0) is 16.1. The Kier molecular flexibility index (Phi) is 6.72. The lowest BCUT2D eigenvalue weighted by atomic mass is 10.1. The highest BCUT2D eigenvalue weighted by Crippen LogP contribution is 2.10. The molecule has 0 bridgehead atoms. The highest BCUT2D eigenvalue weighted by atomic mass is 35.5. The minimum atomic E-state index is -0.113. The predicted octanol–water partition coefficient (Wildman–Crippen LogP) is -1.11. The van der Waals surface area contributed by atoms with E-state index in [4.69, 9.17) is 0 Å². The molecule has 0 atom stereocenters. The van der Waals surface area contributed by atoms with Crippen LogP contribution in [0.3, 0.4) is 0 Å². The summed E-state index contributed by atoms with van der Waals surface area (Å²) >= 11 is 0. The quantitative estimate of drug-likeness (QED) is 0.557. The highest BCUT2D eigenvalue weighted by Gasteiger charge is 2.10. The van der Waals surface area contributed by atoms with Gasteiger partial charge in [0, 0.05) is 43.2 Å². The largest absolute Gasteiger partial charge is 1.00 e. The van der Waals surface area contributed by atoms with Gasteiger partial charge >= 0.3 is 0 Å². The van der Waals surface area contributed by atoms with E-state index in [2.05, 4.69) is 5.32 Å². The maximum Gasteiger partial charge on any atom is 0.290 e. The van der Waals surface area contributed by atoms with Gasteiger partial charge in [0.2, 0.25) is 6.54 Å². The summed E-state index contributed by atoms with van der Waals surface area (Å²) in [6.45, 7) is 1.75. The SMILES string of the molecule is CC(=O)c1ccc(NC(=O)C[n+]2ccc(N(C)C)cc2)cc1.[Cl-]. The van der Waals surface area contributed by atoms with Crippen molar-refractivity contribution in [2.75, 3.05) is 24.3 Å². The molecule has 1 heterocycles. The van der Waals surface area contributed by atoms with Crippen molar-refractivity contribution in [3.05, 3.63) is 54.4 Å². The number of hydrogen-bond acceptors (Lipinski definition) is 3. The summed E-state index contributed by atoms with van der Waals surface area (Å²) in [7, 11) is 3.94. The van der Waals surface area contributed by atoms with Crippen LogP contribution in [0.15, 0.2) is 48.8 Å². The van der Waals surface area contributed by atoms with E-state index >= 15 is 0 Å². The number of halogens is 1. The maximum absolute atomic E-state index is 12.0. The first-order chi connectivity index (χ1) is 10.5. The van der Waals surface area contributed by atoms with Crippen LogP contribution >= 0.6 is 0 Å². The summed E-state index contributed by atoms with van der Waals surface area (Å²) in [4.78, 5) is 25.2. The third-order valence-electron chi connectivity index (χ3n) is 3.29. The Morgan fingerprint density at radius 2 is 1.61 bits per heavy atom. The van der Waals surface area contributed by atoms with Gasteiger partial charge in [0.1, 0.15) is 0 Å². The average Bonchev–Trinajstić information content (AvgIpc) is 2.48. The molecule has 1 aromatic carbocycles. The molecule has 0 aliphatic carbocycles. The number of benzene rings is 1. The monoisotopic (exact) mass is 333 g/mol. The van der Waals surface area contributed by atoms with Crippen LogP contribution in [0.25, 0.3) is 0 Å². The average molecular weight is 334 g/mol. The van der Waals surface area contributed by atoms with E-state index in [9.17, 15) is 9.59 Å². The van der Waals surface area contributed by atoms with E-state index in [0.29, 0.717) is 11.3 Å². The third kappa shape index (κ3) is 5.38. The summed E-state index contributed by atoms with van der Waals surface area (Å²) in [6, 6.07) is 10.8. The van der Waals surface area contributed by atoms with Crippen molar-refractivity contribution in [2.24, 2.45) is 0 Å². The Balaban J connectivity index is 0.00000264. The first kappa shape index (κ1) is 18.6. The number of amides is 1. The zero-order valence-electron chi connectivity index (χ0n) is 13.4. The molecule has 5 nitrogen and oxygen atoms in total. The van der Waals surface area contributed by atoms with Crippen molar-refractivity contribution >= 4 is 23.1 Å². The second-order valence-corrected chi connectivity index (χ2v) is 5.30. The number of rotatable bonds is 5. The number of Topliss-reactive ketones (excluding diaryl/α,β-unsaturated/α-hetero) is 1. The Labute approximate surface area is 142 Å². The van der Waals surface area contributed by atoms with Gasteiger partial charge in [0.25, 0.3) is 5.91 Å². The first-order valence-corrected chi connectivity index (χ1v) is 7.03. The van der Waals surface area contributed by atoms with Gasteiger partial charge in [-0.25, -0.2) is 0 Å². The second kappa shape index (κ2) is 8.29. The summed E-state index contributed by atoms with van der Waals surface area (Å²) in [5, 5.41) is 2.81. The summed E-state index contributed by atoms with van der Waals surface area (Å²) < 4.78 is 1.81. The van der Waals surface area contributed by atoms with E-state index in [-0.39, 0.29) is 30.6 Å². The zero-order valence-corrected chi connectivity index (χ0v) is 14.2. The molecule has 23 heavy (non-hydrogen) atoms. The van der Waals surface area contributed by atoms with Crippen LogP contribution in [0, 0.1) is 0 Å². The van der Waals surface area contributed by atoms with Gasteiger partial charge in [-0.1, -0.05) is 0 Å². The smallest absolute Gasteiger partial charge is 0.290 e. The Hall–Kier alpha value is -2.40. The van der Waals surface area contributed by atoms with Crippen LogP contribution in [0.1, 0.15) is 17.3 Å². The number of aromatic nitrogens is 1. The van der Waals surface area contributed by atoms with Crippen molar-refractivity contribution in [2.45, 2.75) is 13.5 Å². The molecule has 0 saturated carbocycles. The number of carbonyl (C=O) groups is 2. The molecule has 6 heteroatoms. The van der Waals surface area contributed by atoms with Crippen LogP contribution in [-0.4, -0.2) is 25.8 Å². The summed E-state index contributed by atoms with van der Waals surface area (Å²) in [5.74, 6) is -0.104. The molecule has 1 amide bonds. The van der Waals surface area contributed by atoms with E-state index in [1.54, 1.807) is 24.3 Å². The fourth-order valence-electron chi connectivity index (χ4n) is 2.01. The van der Waals surface area contributed by atoms with Gasteiger partial charge in [-0.3, -0.25) is 9.59 Å². The summed E-state index contributed by atoms with van der Waals surface area (Å²) in [6.07, 6.45) is 3.74. The lowest BCUT2D eigenvalue weighted by Gasteiger charge is -2.10. The third-order valence-corrected chi connectivity index (χ3v) is 3.29. The molecule has 1 N–H and O–H groups in total. The number of ketones is 1. The molecule has 0 aliphatic heterocycles. The van der Waals surface area contributed by atoms with Gasteiger partial charge in [0.15, 0.2) is 18.2 Å². The first-order valence-electron chi connectivity index (χ1n) is 7.03. The normalized spacial score (nSPS) is 9.70.